The van der Waals surface area contributed by atoms with Crippen molar-refractivity contribution in [2.45, 2.75) is 0 Å². The molecule has 0 N–H and O–H groups in total. The molecule has 1 nitrogen and oxygen atoms in total. The van der Waals surface area contributed by atoms with Crippen LogP contribution in [0.4, 0.5) is 0 Å². The van der Waals surface area contributed by atoms with Crippen molar-refractivity contribution in [2.75, 3.05) is 0 Å². The van der Waals surface area contributed by atoms with Crippen LogP contribution in [0.2, 0.25) is 0 Å². The van der Waals surface area contributed by atoms with Crippen LogP contribution in [0.1, 0.15) is 0 Å². The monoisotopic (exact) mass is 348 g/mol. The molecule has 0 amide bonds. The van der Waals surface area contributed by atoms with Gasteiger partial charge in [-0.25, -0.2) is 0 Å². The molecule has 4 heavy (non-hydrogen) atoms. The molecule has 0 aliphatic heterocycles. The molecule has 0 saturated carbocycles. The van der Waals surface area contributed by atoms with Gasteiger partial charge in [0, 0.05) is 0 Å². The van der Waals surface area contributed by atoms with E-state index in [0.717, 1.165) is 0 Å². The van der Waals surface area contributed by atoms with E-state index in [1.54, 1.807) is 0 Å². The van der Waals surface area contributed by atoms with Crippen LogP contribution in [-0.4, -0.2) is 17.4 Å². The molecule has 0 fully saturated rings. The molecule has 0 saturated heterocycles. The van der Waals surface area contributed by atoms with E-state index in [4.69, 9.17) is 0 Å². The Morgan fingerprint density at radius 1 is 1.00 bits per heavy atom. The standard InChI is InChI=1S/Al.Eu.O.Sm/q2*+3;-2;+3. The Morgan fingerprint density at radius 3 is 1.00 bits per heavy atom. The molecule has 0 spiro atoms. The third-order valence-electron chi connectivity index (χ3n) is 0. The zero-order chi connectivity index (χ0) is 0. The first-order valence-corrected chi connectivity index (χ1v) is 0. The fourth-order valence-electron chi connectivity index (χ4n) is 0. The molecule has 0 aromatic carbocycles. The van der Waals surface area contributed by atoms with Gasteiger partial charge in [0.1, 0.15) is 0 Å². The van der Waals surface area contributed by atoms with E-state index in [9.17, 15) is 0 Å². The maximum absolute atomic E-state index is 0. The van der Waals surface area contributed by atoms with Crippen LogP contribution in [0.5, 0.6) is 0 Å². The van der Waals surface area contributed by atoms with Crippen LogP contribution in [0.25, 0.3) is 0 Å². The van der Waals surface area contributed by atoms with E-state index >= 15 is 0 Å². The second-order valence-corrected chi connectivity index (χ2v) is 0. The van der Waals surface area contributed by atoms with Crippen molar-refractivity contribution < 1.29 is 95.2 Å². The Balaban J connectivity index is 0. The maximum Gasteiger partial charge on any atom is 3.00 e. The molecule has 0 heterocycles. The van der Waals surface area contributed by atoms with Crippen molar-refractivity contribution in [2.24, 2.45) is 0 Å². The van der Waals surface area contributed by atoms with E-state index in [-0.39, 0.29) is 113 Å². The van der Waals surface area contributed by atoms with E-state index in [2.05, 4.69) is 0 Å². The summed E-state index contributed by atoms with van der Waals surface area (Å²) in [4.78, 5) is 0. The largest absolute Gasteiger partial charge is 3.00 e. The molecule has 0 aromatic rings. The fraction of sp³-hybridized carbons (Fsp3) is 0. The van der Waals surface area contributed by atoms with Crippen LogP contribution < -0.4 is 0 Å². The van der Waals surface area contributed by atoms with E-state index in [1.165, 1.54) is 0 Å². The summed E-state index contributed by atoms with van der Waals surface area (Å²) in [5.41, 5.74) is 0. The van der Waals surface area contributed by atoms with Gasteiger partial charge in [0.25, 0.3) is 0 Å². The molecule has 0 unspecified atom stereocenters. The zero-order valence-electron chi connectivity index (χ0n) is 1.77. The molecule has 1 radical (unpaired) electrons. The minimum absolute atomic E-state index is 0. The van der Waals surface area contributed by atoms with Gasteiger partial charge in [-0.15, -0.1) is 0 Å². The van der Waals surface area contributed by atoms with Crippen molar-refractivity contribution in [1.82, 2.24) is 0 Å². The first kappa shape index (κ1) is 26.2. The maximum atomic E-state index is 0. The van der Waals surface area contributed by atoms with Crippen LogP contribution in [0, 0.1) is 89.8 Å². The van der Waals surface area contributed by atoms with Crippen molar-refractivity contribution in [3.63, 3.8) is 0 Å². The molecule has 4 heteroatoms. The second kappa shape index (κ2) is 16.1. The molecule has 0 aromatic heterocycles. The predicted molar refractivity (Wildman–Crippen MR) is 6.44 cm³/mol. The van der Waals surface area contributed by atoms with E-state index in [0.29, 0.717) is 0 Å². The summed E-state index contributed by atoms with van der Waals surface area (Å²) in [6, 6.07) is 0. The summed E-state index contributed by atoms with van der Waals surface area (Å²) >= 11 is 0. The summed E-state index contributed by atoms with van der Waals surface area (Å²) in [6.45, 7) is 0. The fourth-order valence-corrected chi connectivity index (χ4v) is 0. The van der Waals surface area contributed by atoms with Crippen LogP contribution in [0.3, 0.4) is 0 Å². The van der Waals surface area contributed by atoms with Gasteiger partial charge in [-0.3, -0.25) is 0 Å². The van der Waals surface area contributed by atoms with Gasteiger partial charge >= 0.3 is 107 Å². The zero-order valence-corrected chi connectivity index (χ0v) is 7.97. The molecular formula is AlEuOSm+7. The van der Waals surface area contributed by atoms with Crippen LogP contribution >= 0.6 is 0 Å². The van der Waals surface area contributed by atoms with E-state index < -0.39 is 0 Å². The number of rotatable bonds is 0. The Hall–Kier alpha value is 3.41. The van der Waals surface area contributed by atoms with Crippen molar-refractivity contribution in [3.8, 4) is 0 Å². The van der Waals surface area contributed by atoms with Crippen LogP contribution in [-0.2, 0) is 5.48 Å². The minimum Gasteiger partial charge on any atom is -2.00 e. The van der Waals surface area contributed by atoms with Gasteiger partial charge in [-0.1, -0.05) is 0 Å². The Labute approximate surface area is 109 Å². The third kappa shape index (κ3) is 9.05. The van der Waals surface area contributed by atoms with Crippen molar-refractivity contribution in [3.05, 3.63) is 0 Å². The first-order chi connectivity index (χ1) is 0. The van der Waals surface area contributed by atoms with Gasteiger partial charge < -0.3 is 5.48 Å². The average molecular weight is 345 g/mol. The van der Waals surface area contributed by atoms with Crippen molar-refractivity contribution >= 4 is 17.4 Å². The smallest absolute Gasteiger partial charge is 2.00 e. The van der Waals surface area contributed by atoms with Gasteiger partial charge in [-0.2, -0.15) is 0 Å². The van der Waals surface area contributed by atoms with Gasteiger partial charge in [0.05, 0.1) is 0 Å². The second-order valence-electron chi connectivity index (χ2n) is 0. The normalized spacial score (nSPS) is 0. The topological polar surface area (TPSA) is 28.5 Å². The minimum atomic E-state index is 0. The summed E-state index contributed by atoms with van der Waals surface area (Å²) in [5.74, 6) is 0. The summed E-state index contributed by atoms with van der Waals surface area (Å²) < 4.78 is 0. The Bertz CT molecular complexity index is 8.00. The molecular weight excluding hydrogens is 345 g/mol. The summed E-state index contributed by atoms with van der Waals surface area (Å²) in [6.07, 6.45) is 0. The van der Waals surface area contributed by atoms with Gasteiger partial charge in [0.15, 0.2) is 0 Å². The molecule has 15 valence electrons. The summed E-state index contributed by atoms with van der Waals surface area (Å²) in [7, 11) is 0. The van der Waals surface area contributed by atoms with Gasteiger partial charge in [-0.05, 0) is 0 Å². The van der Waals surface area contributed by atoms with Crippen molar-refractivity contribution in [1.29, 1.82) is 0 Å². The Kier molecular flexibility index (Phi) is 106. The Morgan fingerprint density at radius 2 is 1.00 bits per heavy atom. The molecule has 0 bridgehead atoms. The predicted octanol–water partition coefficient (Wildman–Crippen LogP) is -0.500. The summed E-state index contributed by atoms with van der Waals surface area (Å²) in [5, 5.41) is 0. The number of hydrogen-bond donors (Lipinski definition) is 0. The first-order valence-electron chi connectivity index (χ1n) is 0. The third-order valence-corrected chi connectivity index (χ3v) is 0. The van der Waals surface area contributed by atoms with E-state index in [1.807, 2.05) is 0 Å². The van der Waals surface area contributed by atoms with Gasteiger partial charge in [0.2, 0.25) is 0 Å². The molecule has 0 aliphatic carbocycles. The molecule has 0 rings (SSSR count). The SMILES string of the molecule is [Al+3].[Eu+3].[O-2].[Sm+3]. The van der Waals surface area contributed by atoms with Crippen LogP contribution in [0.15, 0.2) is 0 Å². The quantitative estimate of drug-likeness (QED) is 0.530. The number of hydrogen-bond acceptors (Lipinski definition) is 0. The average Bonchev–Trinajstić information content (AvgIpc) is 0. The molecule has 0 aliphatic rings. The molecule has 0 atom stereocenters.